The summed E-state index contributed by atoms with van der Waals surface area (Å²) in [6.45, 7) is 0. The first-order valence-corrected chi connectivity index (χ1v) is 11.4. The van der Waals surface area contributed by atoms with Crippen LogP contribution in [0, 0.1) is 0 Å². The summed E-state index contributed by atoms with van der Waals surface area (Å²) in [6.07, 6.45) is 3.34. The zero-order chi connectivity index (χ0) is 24.6. The van der Waals surface area contributed by atoms with Gasteiger partial charge < -0.3 is 14.8 Å². The number of ether oxygens (including phenoxy) is 2. The van der Waals surface area contributed by atoms with Crippen LogP contribution < -0.4 is 20.1 Å². The Bertz CT molecular complexity index is 1290. The second kappa shape index (κ2) is 11.2. The normalized spacial score (nSPS) is 10.5. The number of rotatable bonds is 8. The van der Waals surface area contributed by atoms with Crippen LogP contribution >= 0.6 is 11.8 Å². The van der Waals surface area contributed by atoms with E-state index in [9.17, 15) is 9.59 Å². The molecular formula is C24H22N6O4S. The van der Waals surface area contributed by atoms with Gasteiger partial charge in [0.2, 0.25) is 5.91 Å². The van der Waals surface area contributed by atoms with E-state index in [1.807, 2.05) is 41.0 Å². The molecule has 2 N–H and O–H groups in total. The summed E-state index contributed by atoms with van der Waals surface area (Å²) in [6, 6.07) is 17.2. The molecule has 10 nitrogen and oxygen atoms in total. The van der Waals surface area contributed by atoms with Gasteiger partial charge in [-0.15, -0.1) is 10.2 Å². The SMILES string of the molecule is COc1ccc(NC(=O)NC(=O)CSc2nnc(-c3ccncc3)n2-c2ccc(OC)cc2)cc1. The van der Waals surface area contributed by atoms with Crippen LogP contribution in [-0.2, 0) is 4.79 Å². The van der Waals surface area contributed by atoms with Crippen molar-refractivity contribution in [1.82, 2.24) is 25.1 Å². The Hall–Kier alpha value is -4.38. The van der Waals surface area contributed by atoms with Crippen LogP contribution in [-0.4, -0.2) is 51.7 Å². The standard InChI is InChI=1S/C24H22N6O4S/c1-33-19-7-3-17(4-8-19)26-23(32)27-21(31)15-35-24-29-28-22(16-11-13-25-14-12-16)30(24)18-5-9-20(34-2)10-6-18/h3-14H,15H2,1-2H3,(H2,26,27,31,32). The van der Waals surface area contributed by atoms with Gasteiger partial charge in [-0.1, -0.05) is 11.8 Å². The van der Waals surface area contributed by atoms with Crippen LogP contribution in [0.15, 0.2) is 78.2 Å². The minimum atomic E-state index is -0.630. The molecule has 178 valence electrons. The highest BCUT2D eigenvalue weighted by Gasteiger charge is 2.18. The molecule has 11 heteroatoms. The summed E-state index contributed by atoms with van der Waals surface area (Å²) in [5.41, 5.74) is 2.14. The number of pyridine rings is 1. The first-order valence-electron chi connectivity index (χ1n) is 10.5. The van der Waals surface area contributed by atoms with Crippen molar-refractivity contribution in [2.24, 2.45) is 0 Å². The van der Waals surface area contributed by atoms with Crippen LogP contribution in [0.3, 0.4) is 0 Å². The predicted octanol–water partition coefficient (Wildman–Crippen LogP) is 3.79. The molecule has 4 rings (SSSR count). The third-order valence-corrected chi connectivity index (χ3v) is 5.76. The molecule has 2 aromatic heterocycles. The van der Waals surface area contributed by atoms with Crippen molar-refractivity contribution in [3.05, 3.63) is 73.1 Å². The molecule has 2 aromatic carbocycles. The average Bonchev–Trinajstić information content (AvgIpc) is 3.32. The third kappa shape index (κ3) is 5.95. The van der Waals surface area contributed by atoms with Gasteiger partial charge in [-0.25, -0.2) is 4.79 Å². The third-order valence-electron chi connectivity index (χ3n) is 4.84. The minimum Gasteiger partial charge on any atom is -0.497 e. The average molecular weight is 491 g/mol. The number of carbonyl (C=O) groups is 2. The monoisotopic (exact) mass is 490 g/mol. The summed E-state index contributed by atoms with van der Waals surface area (Å²) in [7, 11) is 3.15. The molecule has 4 aromatic rings. The van der Waals surface area contributed by atoms with Crippen LogP contribution in [0.1, 0.15) is 0 Å². The molecule has 0 saturated carbocycles. The summed E-state index contributed by atoms with van der Waals surface area (Å²) in [4.78, 5) is 28.7. The van der Waals surface area contributed by atoms with E-state index in [2.05, 4.69) is 25.8 Å². The molecule has 0 spiro atoms. The Kier molecular flexibility index (Phi) is 7.58. The first kappa shape index (κ1) is 23.8. The van der Waals surface area contributed by atoms with Crippen LogP contribution in [0.25, 0.3) is 17.1 Å². The maximum absolute atomic E-state index is 12.4. The fourth-order valence-electron chi connectivity index (χ4n) is 3.14. The van der Waals surface area contributed by atoms with Crippen molar-refractivity contribution in [2.75, 3.05) is 25.3 Å². The number of carbonyl (C=O) groups excluding carboxylic acids is 2. The van der Waals surface area contributed by atoms with Crippen LogP contribution in [0.2, 0.25) is 0 Å². The zero-order valence-electron chi connectivity index (χ0n) is 19.0. The number of methoxy groups -OCH3 is 2. The molecule has 0 radical (unpaired) electrons. The van der Waals surface area contributed by atoms with E-state index in [0.717, 1.165) is 23.0 Å². The van der Waals surface area contributed by atoms with Gasteiger partial charge in [-0.2, -0.15) is 0 Å². The van der Waals surface area contributed by atoms with Gasteiger partial charge in [0.1, 0.15) is 11.5 Å². The van der Waals surface area contributed by atoms with Crippen molar-refractivity contribution >= 4 is 29.4 Å². The predicted molar refractivity (Wildman–Crippen MR) is 132 cm³/mol. The Morgan fingerprint density at radius 2 is 1.51 bits per heavy atom. The lowest BCUT2D eigenvalue weighted by Gasteiger charge is -2.11. The smallest absolute Gasteiger partial charge is 0.325 e. The van der Waals surface area contributed by atoms with Gasteiger partial charge in [-0.05, 0) is 60.7 Å². The number of imide groups is 1. The molecule has 0 atom stereocenters. The van der Waals surface area contributed by atoms with Crippen LogP contribution in [0.5, 0.6) is 11.5 Å². The number of thioether (sulfide) groups is 1. The molecule has 0 aliphatic carbocycles. The van der Waals surface area contributed by atoms with Gasteiger partial charge in [-0.3, -0.25) is 19.7 Å². The van der Waals surface area contributed by atoms with Crippen molar-refractivity contribution < 1.29 is 19.1 Å². The minimum absolute atomic E-state index is 0.0410. The van der Waals surface area contributed by atoms with Gasteiger partial charge in [0, 0.05) is 29.3 Å². The molecule has 2 heterocycles. The number of aromatic nitrogens is 4. The Morgan fingerprint density at radius 3 is 2.14 bits per heavy atom. The number of benzene rings is 2. The molecule has 0 unspecified atom stereocenters. The largest absolute Gasteiger partial charge is 0.497 e. The quantitative estimate of drug-likeness (QED) is 0.358. The maximum atomic E-state index is 12.4. The molecule has 0 aliphatic rings. The lowest BCUT2D eigenvalue weighted by Crippen LogP contribution is -2.35. The number of anilines is 1. The highest BCUT2D eigenvalue weighted by molar-refractivity contribution is 7.99. The van der Waals surface area contributed by atoms with Gasteiger partial charge in [0.25, 0.3) is 0 Å². The van der Waals surface area contributed by atoms with E-state index in [0.29, 0.717) is 28.2 Å². The summed E-state index contributed by atoms with van der Waals surface area (Å²) in [5.74, 6) is 1.45. The number of hydrogen-bond acceptors (Lipinski definition) is 8. The molecule has 0 fully saturated rings. The lowest BCUT2D eigenvalue weighted by molar-refractivity contribution is -0.117. The second-order valence-corrected chi connectivity index (χ2v) is 8.04. The molecule has 35 heavy (non-hydrogen) atoms. The zero-order valence-corrected chi connectivity index (χ0v) is 19.8. The van der Waals surface area contributed by atoms with Crippen LogP contribution in [0.4, 0.5) is 10.5 Å². The molecule has 0 aliphatic heterocycles. The molecule has 3 amide bonds. The summed E-state index contributed by atoms with van der Waals surface area (Å²) in [5, 5.41) is 14.0. The van der Waals surface area contributed by atoms with Gasteiger partial charge >= 0.3 is 6.03 Å². The second-order valence-electron chi connectivity index (χ2n) is 7.09. The molecule has 0 saturated heterocycles. The number of nitrogens with one attached hydrogen (secondary N) is 2. The lowest BCUT2D eigenvalue weighted by atomic mass is 10.2. The van der Waals surface area contributed by atoms with Crippen molar-refractivity contribution in [3.8, 4) is 28.6 Å². The number of amides is 3. The van der Waals surface area contributed by atoms with E-state index in [1.165, 1.54) is 0 Å². The number of nitrogens with zero attached hydrogens (tertiary/aromatic N) is 4. The fraction of sp³-hybridized carbons (Fsp3) is 0.125. The topological polar surface area (TPSA) is 120 Å². The van der Waals surface area contributed by atoms with Crippen molar-refractivity contribution in [1.29, 1.82) is 0 Å². The van der Waals surface area contributed by atoms with E-state index >= 15 is 0 Å². The van der Waals surface area contributed by atoms with Gasteiger partial charge in [0.15, 0.2) is 11.0 Å². The Labute approximate surface area is 205 Å². The fourth-order valence-corrected chi connectivity index (χ4v) is 3.90. The maximum Gasteiger partial charge on any atom is 0.325 e. The molecule has 0 bridgehead atoms. The summed E-state index contributed by atoms with van der Waals surface area (Å²) < 4.78 is 12.2. The van der Waals surface area contributed by atoms with Crippen molar-refractivity contribution in [2.45, 2.75) is 5.16 Å². The highest BCUT2D eigenvalue weighted by atomic mass is 32.2. The number of hydrogen-bond donors (Lipinski definition) is 2. The van der Waals surface area contributed by atoms with E-state index in [4.69, 9.17) is 9.47 Å². The highest BCUT2D eigenvalue weighted by Crippen LogP contribution is 2.28. The Balaban J connectivity index is 1.46. The Morgan fingerprint density at radius 1 is 0.886 bits per heavy atom. The molecular weight excluding hydrogens is 468 g/mol. The van der Waals surface area contributed by atoms with Crippen molar-refractivity contribution in [3.63, 3.8) is 0 Å². The van der Waals surface area contributed by atoms with E-state index in [-0.39, 0.29) is 5.75 Å². The first-order chi connectivity index (χ1) is 17.1. The van der Waals surface area contributed by atoms with E-state index in [1.54, 1.807) is 50.9 Å². The van der Waals surface area contributed by atoms with E-state index < -0.39 is 11.9 Å². The summed E-state index contributed by atoms with van der Waals surface area (Å²) >= 11 is 1.16. The number of urea groups is 1. The van der Waals surface area contributed by atoms with Gasteiger partial charge in [0.05, 0.1) is 20.0 Å².